The summed E-state index contributed by atoms with van der Waals surface area (Å²) in [5.74, 6) is 1.68. The Balaban J connectivity index is 1.27. The van der Waals surface area contributed by atoms with Crippen molar-refractivity contribution in [2.75, 3.05) is 38.3 Å². The third-order valence-corrected chi connectivity index (χ3v) is 5.82. The number of fused-ring (bicyclic) bond motifs is 1. The molecule has 0 saturated carbocycles. The van der Waals surface area contributed by atoms with E-state index in [-0.39, 0.29) is 11.9 Å². The maximum absolute atomic E-state index is 12.6. The van der Waals surface area contributed by atoms with Crippen molar-refractivity contribution in [2.45, 2.75) is 19.5 Å². The Bertz CT molecular complexity index is 835. The summed E-state index contributed by atoms with van der Waals surface area (Å²) >= 11 is 3.41. The number of hydrogen-bond donors (Lipinski definition) is 1. The minimum absolute atomic E-state index is 0.0338. The van der Waals surface area contributed by atoms with E-state index >= 15 is 0 Å². The van der Waals surface area contributed by atoms with E-state index in [0.717, 1.165) is 54.4 Å². The molecule has 2 aromatic carbocycles. The first-order valence-corrected chi connectivity index (χ1v) is 10.3. The van der Waals surface area contributed by atoms with Crippen LogP contribution in [0.1, 0.15) is 12.5 Å². The van der Waals surface area contributed by atoms with E-state index in [4.69, 9.17) is 9.47 Å². The molecule has 0 aliphatic carbocycles. The molecular formula is C21H24BrN3O3. The lowest BCUT2D eigenvalue weighted by Crippen LogP contribution is -2.52. The number of amides is 1. The van der Waals surface area contributed by atoms with Crippen molar-refractivity contribution in [3.63, 3.8) is 0 Å². The molecule has 6 nitrogen and oxygen atoms in total. The molecule has 4 rings (SSSR count). The Hall–Kier alpha value is -2.09. The quantitative estimate of drug-likeness (QED) is 0.764. The number of nitrogens with zero attached hydrogens (tertiary/aromatic N) is 2. The first kappa shape index (κ1) is 19.2. The minimum Gasteiger partial charge on any atom is -0.454 e. The number of nitrogens with one attached hydrogen (secondary N) is 1. The molecule has 0 aromatic heterocycles. The molecule has 1 amide bonds. The fourth-order valence-electron chi connectivity index (χ4n) is 3.55. The van der Waals surface area contributed by atoms with Crippen LogP contribution in [0, 0.1) is 0 Å². The average molecular weight is 446 g/mol. The molecular weight excluding hydrogens is 422 g/mol. The SMILES string of the molecule is CC(C(=O)Nc1ccc(Br)cc1)N1CCN(Cc2ccc3c(c2)OCO3)CC1. The Morgan fingerprint density at radius 2 is 1.79 bits per heavy atom. The summed E-state index contributed by atoms with van der Waals surface area (Å²) in [5.41, 5.74) is 2.04. The van der Waals surface area contributed by atoms with Crippen molar-refractivity contribution in [1.82, 2.24) is 9.80 Å². The van der Waals surface area contributed by atoms with Crippen molar-refractivity contribution >= 4 is 27.5 Å². The standard InChI is InChI=1S/C21H24BrN3O3/c1-15(21(26)23-18-5-3-17(22)4-6-18)25-10-8-24(9-11-25)13-16-2-7-19-20(12-16)28-14-27-19/h2-7,12,15H,8-11,13-14H2,1H3,(H,23,26). The van der Waals surface area contributed by atoms with Gasteiger partial charge in [0.05, 0.1) is 6.04 Å². The number of piperazine rings is 1. The van der Waals surface area contributed by atoms with Crippen LogP contribution in [0.2, 0.25) is 0 Å². The molecule has 148 valence electrons. The van der Waals surface area contributed by atoms with E-state index < -0.39 is 0 Å². The monoisotopic (exact) mass is 445 g/mol. The second kappa shape index (κ2) is 8.51. The lowest BCUT2D eigenvalue weighted by atomic mass is 10.1. The van der Waals surface area contributed by atoms with E-state index in [1.165, 1.54) is 5.56 Å². The summed E-state index contributed by atoms with van der Waals surface area (Å²) in [6.07, 6.45) is 0. The van der Waals surface area contributed by atoms with Gasteiger partial charge in [-0.1, -0.05) is 22.0 Å². The van der Waals surface area contributed by atoms with Gasteiger partial charge >= 0.3 is 0 Å². The van der Waals surface area contributed by atoms with Crippen LogP contribution in [0.4, 0.5) is 5.69 Å². The molecule has 2 aliphatic rings. The van der Waals surface area contributed by atoms with E-state index in [2.05, 4.69) is 43.2 Å². The first-order chi connectivity index (χ1) is 13.6. The topological polar surface area (TPSA) is 54.0 Å². The zero-order valence-electron chi connectivity index (χ0n) is 15.9. The summed E-state index contributed by atoms with van der Waals surface area (Å²) in [6, 6.07) is 13.6. The van der Waals surface area contributed by atoms with Gasteiger partial charge in [-0.05, 0) is 48.9 Å². The minimum atomic E-state index is -0.156. The van der Waals surface area contributed by atoms with E-state index in [1.807, 2.05) is 37.3 Å². The van der Waals surface area contributed by atoms with Gasteiger partial charge in [-0.2, -0.15) is 0 Å². The molecule has 0 bridgehead atoms. The maximum atomic E-state index is 12.6. The van der Waals surface area contributed by atoms with E-state index in [9.17, 15) is 4.79 Å². The Kier molecular flexibility index (Phi) is 5.85. The van der Waals surface area contributed by atoms with Gasteiger partial charge in [0.15, 0.2) is 11.5 Å². The van der Waals surface area contributed by atoms with E-state index in [0.29, 0.717) is 6.79 Å². The summed E-state index contributed by atoms with van der Waals surface area (Å²) < 4.78 is 11.8. The molecule has 0 radical (unpaired) electrons. The normalized spacial score (nSPS) is 18.1. The predicted octanol–water partition coefficient (Wildman–Crippen LogP) is 3.32. The van der Waals surface area contributed by atoms with Crippen LogP contribution in [0.3, 0.4) is 0 Å². The van der Waals surface area contributed by atoms with Gasteiger partial charge in [0.25, 0.3) is 0 Å². The highest BCUT2D eigenvalue weighted by molar-refractivity contribution is 9.10. The largest absolute Gasteiger partial charge is 0.454 e. The number of halogens is 1. The third-order valence-electron chi connectivity index (χ3n) is 5.29. The summed E-state index contributed by atoms with van der Waals surface area (Å²) in [4.78, 5) is 17.2. The molecule has 2 aliphatic heterocycles. The number of ether oxygens (including phenoxy) is 2. The Morgan fingerprint density at radius 1 is 1.07 bits per heavy atom. The number of carbonyl (C=O) groups excluding carboxylic acids is 1. The summed E-state index contributed by atoms with van der Waals surface area (Å²) in [6.45, 7) is 6.77. The smallest absolute Gasteiger partial charge is 0.241 e. The lowest BCUT2D eigenvalue weighted by Gasteiger charge is -2.37. The predicted molar refractivity (Wildman–Crippen MR) is 112 cm³/mol. The van der Waals surface area contributed by atoms with E-state index in [1.54, 1.807) is 0 Å². The van der Waals surface area contributed by atoms with Crippen LogP contribution < -0.4 is 14.8 Å². The molecule has 1 atom stereocenters. The van der Waals surface area contributed by atoms with Crippen LogP contribution in [0.5, 0.6) is 11.5 Å². The molecule has 28 heavy (non-hydrogen) atoms. The van der Waals surface area contributed by atoms with Gasteiger partial charge in [-0.15, -0.1) is 0 Å². The number of hydrogen-bond acceptors (Lipinski definition) is 5. The van der Waals surface area contributed by atoms with Crippen LogP contribution in [0.15, 0.2) is 46.9 Å². The fourth-order valence-corrected chi connectivity index (χ4v) is 3.82. The van der Waals surface area contributed by atoms with Crippen LogP contribution in [-0.4, -0.2) is 54.7 Å². The highest BCUT2D eigenvalue weighted by Crippen LogP contribution is 2.32. The Labute approximate surface area is 173 Å². The van der Waals surface area contributed by atoms with Gasteiger partial charge in [0.2, 0.25) is 12.7 Å². The second-order valence-corrected chi connectivity index (χ2v) is 8.09. The van der Waals surface area contributed by atoms with Gasteiger partial charge in [-0.3, -0.25) is 14.6 Å². The average Bonchev–Trinajstić information content (AvgIpc) is 3.17. The van der Waals surface area contributed by atoms with Crippen LogP contribution in [0.25, 0.3) is 0 Å². The molecule has 0 spiro atoms. The van der Waals surface area contributed by atoms with Crippen molar-refractivity contribution in [2.24, 2.45) is 0 Å². The van der Waals surface area contributed by atoms with Crippen molar-refractivity contribution < 1.29 is 14.3 Å². The lowest BCUT2D eigenvalue weighted by molar-refractivity contribution is -0.121. The number of benzene rings is 2. The zero-order valence-corrected chi connectivity index (χ0v) is 17.4. The van der Waals surface area contributed by atoms with Gasteiger partial charge in [0, 0.05) is 42.9 Å². The molecule has 1 unspecified atom stereocenters. The van der Waals surface area contributed by atoms with Gasteiger partial charge in [0.1, 0.15) is 0 Å². The molecule has 2 heterocycles. The molecule has 7 heteroatoms. The van der Waals surface area contributed by atoms with Crippen LogP contribution >= 0.6 is 15.9 Å². The fraction of sp³-hybridized carbons (Fsp3) is 0.381. The second-order valence-electron chi connectivity index (χ2n) is 7.17. The molecule has 1 N–H and O–H groups in total. The first-order valence-electron chi connectivity index (χ1n) is 9.50. The Morgan fingerprint density at radius 3 is 2.54 bits per heavy atom. The van der Waals surface area contributed by atoms with Gasteiger partial charge in [-0.25, -0.2) is 0 Å². The summed E-state index contributed by atoms with van der Waals surface area (Å²) in [5, 5.41) is 3.00. The number of carbonyl (C=O) groups is 1. The van der Waals surface area contributed by atoms with Gasteiger partial charge < -0.3 is 14.8 Å². The number of anilines is 1. The highest BCUT2D eigenvalue weighted by Gasteiger charge is 2.26. The van der Waals surface area contributed by atoms with Crippen molar-refractivity contribution in [3.8, 4) is 11.5 Å². The number of rotatable bonds is 5. The molecule has 2 aromatic rings. The molecule has 1 fully saturated rings. The van der Waals surface area contributed by atoms with Crippen LogP contribution in [-0.2, 0) is 11.3 Å². The summed E-state index contributed by atoms with van der Waals surface area (Å²) in [7, 11) is 0. The third kappa shape index (κ3) is 4.48. The molecule has 1 saturated heterocycles. The maximum Gasteiger partial charge on any atom is 0.241 e. The zero-order chi connectivity index (χ0) is 19.5. The highest BCUT2D eigenvalue weighted by atomic mass is 79.9. The van der Waals surface area contributed by atoms with Crippen molar-refractivity contribution in [3.05, 3.63) is 52.5 Å². The van der Waals surface area contributed by atoms with Crippen molar-refractivity contribution in [1.29, 1.82) is 0 Å².